The number of aromatic nitrogens is 1. The maximum absolute atomic E-state index is 12.9. The Balaban J connectivity index is 3.18. The number of nitrogens with zero attached hydrogens (tertiary/aromatic N) is 2. The molecule has 1 atom stereocenters. The Morgan fingerprint density at radius 2 is 1.89 bits per heavy atom. The number of rotatable bonds is 7. The predicted octanol–water partition coefficient (Wildman–Crippen LogP) is 2.85. The van der Waals surface area contributed by atoms with Gasteiger partial charge in [-0.2, -0.15) is 0 Å². The van der Waals surface area contributed by atoms with E-state index in [0.717, 1.165) is 5.69 Å². The molecule has 0 aliphatic carbocycles. The van der Waals surface area contributed by atoms with Crippen molar-refractivity contribution < 1.29 is 13.6 Å². The Kier molecular flexibility index (Phi) is 5.60. The predicted molar refractivity (Wildman–Crippen MR) is 72.7 cm³/mol. The third kappa shape index (κ3) is 3.23. The summed E-state index contributed by atoms with van der Waals surface area (Å²) >= 11 is 0. The van der Waals surface area contributed by atoms with Gasteiger partial charge >= 0.3 is 7.60 Å². The second-order valence-electron chi connectivity index (χ2n) is 4.26. The van der Waals surface area contributed by atoms with Crippen molar-refractivity contribution in [1.82, 2.24) is 9.47 Å². The molecular formula is C12H23N2O3P. The molecule has 1 unspecified atom stereocenters. The van der Waals surface area contributed by atoms with E-state index >= 15 is 0 Å². The molecule has 0 bridgehead atoms. The molecule has 1 aromatic rings. The molecule has 0 aromatic carbocycles. The lowest BCUT2D eigenvalue weighted by Crippen LogP contribution is -2.24. The number of hydrogen-bond acceptors (Lipinski definition) is 4. The first-order valence-corrected chi connectivity index (χ1v) is 7.73. The normalized spacial score (nSPS) is 14.1. The smallest absolute Gasteiger partial charge is 0.353 e. The van der Waals surface area contributed by atoms with Gasteiger partial charge in [0.25, 0.3) is 0 Å². The van der Waals surface area contributed by atoms with Crippen molar-refractivity contribution in [3.05, 3.63) is 24.0 Å². The fraction of sp³-hybridized carbons (Fsp3) is 0.667. The molecule has 1 rings (SSSR count). The van der Waals surface area contributed by atoms with Crippen molar-refractivity contribution in [3.63, 3.8) is 0 Å². The van der Waals surface area contributed by atoms with Gasteiger partial charge in [0.05, 0.1) is 13.2 Å². The fourth-order valence-corrected chi connectivity index (χ4v) is 4.22. The van der Waals surface area contributed by atoms with Gasteiger partial charge in [-0.25, -0.2) is 0 Å². The van der Waals surface area contributed by atoms with Gasteiger partial charge in [0.2, 0.25) is 0 Å². The van der Waals surface area contributed by atoms with E-state index in [9.17, 15) is 4.57 Å². The Labute approximate surface area is 109 Å². The summed E-state index contributed by atoms with van der Waals surface area (Å²) in [7, 11) is 2.48. The minimum absolute atomic E-state index is 0.367. The summed E-state index contributed by atoms with van der Waals surface area (Å²) in [6.07, 6.45) is 1.92. The highest BCUT2D eigenvalue weighted by Crippen LogP contribution is 2.61. The summed E-state index contributed by atoms with van der Waals surface area (Å²) in [4.78, 5) is 1.88. The molecule has 1 aromatic heterocycles. The maximum Gasteiger partial charge on any atom is 0.353 e. The molecule has 6 heteroatoms. The molecule has 0 spiro atoms. The summed E-state index contributed by atoms with van der Waals surface area (Å²) in [5.74, 6) is -0.391. The van der Waals surface area contributed by atoms with Crippen molar-refractivity contribution in [3.8, 4) is 0 Å². The van der Waals surface area contributed by atoms with Crippen molar-refractivity contribution in [1.29, 1.82) is 0 Å². The summed E-state index contributed by atoms with van der Waals surface area (Å²) in [6.45, 7) is 4.38. The monoisotopic (exact) mass is 274 g/mol. The molecule has 0 aliphatic rings. The van der Waals surface area contributed by atoms with E-state index in [4.69, 9.17) is 9.05 Å². The fourth-order valence-electron chi connectivity index (χ4n) is 1.99. The lowest BCUT2D eigenvalue weighted by atomic mass is 10.4. The summed E-state index contributed by atoms with van der Waals surface area (Å²) in [5, 5.41) is 0. The van der Waals surface area contributed by atoms with Gasteiger partial charge in [-0.1, -0.05) is 0 Å². The van der Waals surface area contributed by atoms with Gasteiger partial charge in [-0.05, 0) is 40.1 Å². The van der Waals surface area contributed by atoms with Crippen LogP contribution in [0.25, 0.3) is 0 Å². The third-order valence-corrected chi connectivity index (χ3v) is 5.22. The van der Waals surface area contributed by atoms with Crippen LogP contribution in [0.3, 0.4) is 0 Å². The van der Waals surface area contributed by atoms with E-state index in [0.29, 0.717) is 13.2 Å². The largest absolute Gasteiger partial charge is 0.353 e. The van der Waals surface area contributed by atoms with Crippen LogP contribution in [-0.2, 0) is 20.7 Å². The van der Waals surface area contributed by atoms with Gasteiger partial charge in [0.1, 0.15) is 0 Å². The van der Waals surface area contributed by atoms with Crippen LogP contribution in [0, 0.1) is 0 Å². The Morgan fingerprint density at radius 3 is 2.22 bits per heavy atom. The summed E-state index contributed by atoms with van der Waals surface area (Å²) in [5.41, 5.74) is 0.922. The quantitative estimate of drug-likeness (QED) is 0.717. The molecular weight excluding hydrogens is 251 g/mol. The molecule has 0 saturated heterocycles. The Hall–Kier alpha value is -0.610. The first-order valence-electron chi connectivity index (χ1n) is 6.12. The van der Waals surface area contributed by atoms with E-state index in [1.54, 1.807) is 0 Å². The van der Waals surface area contributed by atoms with Crippen LogP contribution in [0.4, 0.5) is 0 Å². The maximum atomic E-state index is 12.9. The van der Waals surface area contributed by atoms with Crippen LogP contribution in [0.2, 0.25) is 0 Å². The van der Waals surface area contributed by atoms with E-state index in [-0.39, 0.29) is 0 Å². The van der Waals surface area contributed by atoms with Crippen molar-refractivity contribution >= 4 is 7.60 Å². The molecule has 0 amide bonds. The lowest BCUT2D eigenvalue weighted by Gasteiger charge is -2.31. The molecule has 5 nitrogen and oxygen atoms in total. The third-order valence-electron chi connectivity index (χ3n) is 2.66. The highest BCUT2D eigenvalue weighted by atomic mass is 31.2. The van der Waals surface area contributed by atoms with E-state index in [2.05, 4.69) is 0 Å². The van der Waals surface area contributed by atoms with Gasteiger partial charge in [0, 0.05) is 18.9 Å². The van der Waals surface area contributed by atoms with Gasteiger partial charge < -0.3 is 13.6 Å². The van der Waals surface area contributed by atoms with Gasteiger partial charge in [0.15, 0.2) is 5.78 Å². The number of aryl methyl sites for hydroxylation is 1. The average Bonchev–Trinajstić information content (AvgIpc) is 2.65. The molecule has 0 N–H and O–H groups in total. The van der Waals surface area contributed by atoms with Crippen LogP contribution < -0.4 is 0 Å². The van der Waals surface area contributed by atoms with E-state index in [1.807, 2.05) is 62.8 Å². The molecule has 18 heavy (non-hydrogen) atoms. The zero-order valence-electron chi connectivity index (χ0n) is 11.8. The van der Waals surface area contributed by atoms with Gasteiger partial charge in [-0.3, -0.25) is 9.46 Å². The van der Waals surface area contributed by atoms with Crippen LogP contribution in [0.15, 0.2) is 18.3 Å². The highest BCUT2D eigenvalue weighted by molar-refractivity contribution is 7.54. The topological polar surface area (TPSA) is 43.7 Å². The summed E-state index contributed by atoms with van der Waals surface area (Å²) < 4.78 is 25.7. The zero-order valence-corrected chi connectivity index (χ0v) is 12.7. The first-order chi connectivity index (χ1) is 8.46. The van der Waals surface area contributed by atoms with Crippen LogP contribution in [-0.4, -0.2) is 36.8 Å². The van der Waals surface area contributed by atoms with Crippen molar-refractivity contribution in [2.75, 3.05) is 27.3 Å². The van der Waals surface area contributed by atoms with Crippen LogP contribution in [0.5, 0.6) is 0 Å². The van der Waals surface area contributed by atoms with E-state index < -0.39 is 13.4 Å². The summed E-state index contributed by atoms with van der Waals surface area (Å²) in [6, 6.07) is 3.86. The first kappa shape index (κ1) is 15.4. The number of hydrogen-bond donors (Lipinski definition) is 0. The van der Waals surface area contributed by atoms with Crippen molar-refractivity contribution in [2.45, 2.75) is 19.6 Å². The zero-order chi connectivity index (χ0) is 13.8. The highest BCUT2D eigenvalue weighted by Gasteiger charge is 2.39. The minimum Gasteiger partial charge on any atom is -0.353 e. The SMILES string of the molecule is CCOP(=O)(OCC)C(c1cccn1C)N(C)C. The van der Waals surface area contributed by atoms with Crippen LogP contribution in [0.1, 0.15) is 25.3 Å². The molecule has 0 radical (unpaired) electrons. The standard InChI is InChI=1S/C12H23N2O3P/c1-6-16-18(15,17-7-2)12(13(3)4)11-9-8-10-14(11)5/h8-10,12H,6-7H2,1-5H3. The average molecular weight is 274 g/mol. The van der Waals surface area contributed by atoms with Gasteiger partial charge in [-0.15, -0.1) is 0 Å². The molecule has 104 valence electrons. The lowest BCUT2D eigenvalue weighted by molar-refractivity contribution is 0.185. The van der Waals surface area contributed by atoms with Crippen molar-refractivity contribution in [2.24, 2.45) is 7.05 Å². The molecule has 0 saturated carbocycles. The second kappa shape index (κ2) is 6.53. The molecule has 0 aliphatic heterocycles. The van der Waals surface area contributed by atoms with Crippen LogP contribution >= 0.6 is 7.60 Å². The molecule has 0 fully saturated rings. The Morgan fingerprint density at radius 1 is 1.33 bits per heavy atom. The van der Waals surface area contributed by atoms with E-state index in [1.165, 1.54) is 0 Å². The Bertz CT molecular complexity index is 407. The minimum atomic E-state index is -3.20. The second-order valence-corrected chi connectivity index (χ2v) is 6.34. The molecule has 1 heterocycles.